The lowest BCUT2D eigenvalue weighted by atomic mass is 10.0. The Bertz CT molecular complexity index is 938. The normalized spacial score (nSPS) is 17.0. The molecule has 1 aliphatic heterocycles. The highest BCUT2D eigenvalue weighted by atomic mass is 16.2. The van der Waals surface area contributed by atoms with Crippen LogP contribution in [0, 0.1) is 6.92 Å². The highest BCUT2D eigenvalue weighted by Gasteiger charge is 2.29. The van der Waals surface area contributed by atoms with Gasteiger partial charge in [-0.25, -0.2) is 4.98 Å². The first-order chi connectivity index (χ1) is 11.6. The number of hydrogen-bond acceptors (Lipinski definition) is 3. The molecule has 3 aromatic heterocycles. The Balaban J connectivity index is 1.54. The van der Waals surface area contributed by atoms with Gasteiger partial charge in [0.15, 0.2) is 5.78 Å². The molecule has 0 saturated carbocycles. The van der Waals surface area contributed by atoms with Gasteiger partial charge in [0.2, 0.25) is 5.91 Å². The fourth-order valence-corrected chi connectivity index (χ4v) is 3.36. The Hall–Kier alpha value is -2.89. The Labute approximate surface area is 139 Å². The van der Waals surface area contributed by atoms with Crippen LogP contribution < -0.4 is 5.32 Å². The van der Waals surface area contributed by atoms with Gasteiger partial charge in [0.25, 0.3) is 0 Å². The lowest BCUT2D eigenvalue weighted by Gasteiger charge is -2.24. The van der Waals surface area contributed by atoms with Crippen molar-refractivity contribution in [3.8, 4) is 0 Å². The van der Waals surface area contributed by atoms with Crippen molar-refractivity contribution in [2.45, 2.75) is 32.4 Å². The fraction of sp³-hybridized carbons (Fsp3) is 0.278. The zero-order valence-electron chi connectivity index (χ0n) is 13.4. The summed E-state index contributed by atoms with van der Waals surface area (Å²) < 4.78 is 3.77. The molecule has 0 saturated heterocycles. The summed E-state index contributed by atoms with van der Waals surface area (Å²) in [5.41, 5.74) is 3.36. The third-order valence-corrected chi connectivity index (χ3v) is 4.61. The predicted octanol–water partition coefficient (Wildman–Crippen LogP) is 2.28. The van der Waals surface area contributed by atoms with E-state index < -0.39 is 0 Å². The van der Waals surface area contributed by atoms with Crippen LogP contribution >= 0.6 is 0 Å². The van der Waals surface area contributed by atoms with Gasteiger partial charge in [0.05, 0.1) is 23.6 Å². The van der Waals surface area contributed by atoms with Gasteiger partial charge in [-0.1, -0.05) is 6.07 Å². The summed E-state index contributed by atoms with van der Waals surface area (Å²) in [6.45, 7) is 2.36. The smallest absolute Gasteiger partial charge is 0.243 e. The number of amides is 1. The average molecular weight is 322 g/mol. The number of Topliss-reactive ketones (excluding diaryl/α,β-unsaturated/α-hetero) is 1. The Kier molecular flexibility index (Phi) is 3.45. The second-order valence-electron chi connectivity index (χ2n) is 6.07. The molecule has 1 amide bonds. The summed E-state index contributed by atoms with van der Waals surface area (Å²) in [7, 11) is 0. The third-order valence-electron chi connectivity index (χ3n) is 4.61. The predicted molar refractivity (Wildman–Crippen MR) is 88.8 cm³/mol. The van der Waals surface area contributed by atoms with Gasteiger partial charge < -0.3 is 14.3 Å². The van der Waals surface area contributed by atoms with Crippen molar-refractivity contribution in [2.24, 2.45) is 0 Å². The van der Waals surface area contributed by atoms with Crippen LogP contribution in [0.25, 0.3) is 5.65 Å². The number of nitrogens with zero attached hydrogens (tertiary/aromatic N) is 3. The minimum Gasteiger partial charge on any atom is -0.349 e. The molecule has 24 heavy (non-hydrogen) atoms. The van der Waals surface area contributed by atoms with E-state index in [1.54, 1.807) is 16.8 Å². The quantitative estimate of drug-likeness (QED) is 0.804. The third kappa shape index (κ3) is 2.31. The number of carbonyl (C=O) groups excluding carboxylic acids is 2. The molecule has 122 valence electrons. The van der Waals surface area contributed by atoms with Crippen molar-refractivity contribution in [2.75, 3.05) is 0 Å². The van der Waals surface area contributed by atoms with Crippen LogP contribution in [0.2, 0.25) is 0 Å². The molecule has 0 spiro atoms. The van der Waals surface area contributed by atoms with Gasteiger partial charge in [0, 0.05) is 18.8 Å². The number of hydrogen-bond donors (Lipinski definition) is 1. The summed E-state index contributed by atoms with van der Waals surface area (Å²) in [4.78, 5) is 29.0. The molecule has 0 bridgehead atoms. The second-order valence-corrected chi connectivity index (χ2v) is 6.07. The standard InChI is InChI=1S/C18H18N4O2/c1-12-15(22-9-3-2-6-17(22)20-12)11-19-18(24)14-7-8-16(23)13-5-4-10-21(13)14/h2-6,9-10,14H,7-8,11H2,1H3,(H,19,24). The van der Waals surface area contributed by atoms with Crippen molar-refractivity contribution >= 4 is 17.3 Å². The number of pyridine rings is 1. The van der Waals surface area contributed by atoms with Crippen LogP contribution in [0.3, 0.4) is 0 Å². The topological polar surface area (TPSA) is 68.4 Å². The number of aryl methyl sites for hydroxylation is 1. The molecule has 4 heterocycles. The van der Waals surface area contributed by atoms with E-state index in [9.17, 15) is 9.59 Å². The van der Waals surface area contributed by atoms with E-state index in [0.29, 0.717) is 25.1 Å². The molecule has 3 aromatic rings. The van der Waals surface area contributed by atoms with Crippen molar-refractivity contribution in [1.29, 1.82) is 0 Å². The van der Waals surface area contributed by atoms with Crippen molar-refractivity contribution in [3.05, 3.63) is 59.8 Å². The van der Waals surface area contributed by atoms with Gasteiger partial charge >= 0.3 is 0 Å². The Morgan fingerprint density at radius 2 is 2.17 bits per heavy atom. The monoisotopic (exact) mass is 322 g/mol. The number of ketones is 1. The molecule has 0 radical (unpaired) electrons. The molecular formula is C18H18N4O2. The highest BCUT2D eigenvalue weighted by molar-refractivity contribution is 5.97. The average Bonchev–Trinajstić information content (AvgIpc) is 3.18. The lowest BCUT2D eigenvalue weighted by molar-refractivity contribution is -0.124. The minimum atomic E-state index is -0.327. The molecule has 4 rings (SSSR count). The van der Waals surface area contributed by atoms with Gasteiger partial charge in [-0.2, -0.15) is 0 Å². The van der Waals surface area contributed by atoms with Crippen LogP contribution in [0.5, 0.6) is 0 Å². The maximum Gasteiger partial charge on any atom is 0.243 e. The molecule has 0 fully saturated rings. The zero-order valence-corrected chi connectivity index (χ0v) is 13.4. The molecular weight excluding hydrogens is 304 g/mol. The maximum absolute atomic E-state index is 12.6. The SMILES string of the molecule is Cc1nc2ccccn2c1CNC(=O)C1CCC(=O)c2cccn21. The molecule has 0 aromatic carbocycles. The summed E-state index contributed by atoms with van der Waals surface area (Å²) in [5.74, 6) is 0.0342. The van der Waals surface area contributed by atoms with E-state index in [2.05, 4.69) is 10.3 Å². The molecule has 1 aliphatic rings. The van der Waals surface area contributed by atoms with E-state index in [4.69, 9.17) is 0 Å². The number of imidazole rings is 1. The Morgan fingerprint density at radius 1 is 1.29 bits per heavy atom. The summed E-state index contributed by atoms with van der Waals surface area (Å²) in [6, 6.07) is 9.09. The zero-order chi connectivity index (χ0) is 16.7. The number of nitrogens with one attached hydrogen (secondary N) is 1. The number of fused-ring (bicyclic) bond motifs is 2. The van der Waals surface area contributed by atoms with Crippen LogP contribution in [-0.4, -0.2) is 25.6 Å². The molecule has 1 N–H and O–H groups in total. The number of rotatable bonds is 3. The maximum atomic E-state index is 12.6. The summed E-state index contributed by atoms with van der Waals surface area (Å²) in [5, 5.41) is 3.00. The molecule has 6 nitrogen and oxygen atoms in total. The lowest BCUT2D eigenvalue weighted by Crippen LogP contribution is -2.36. The van der Waals surface area contributed by atoms with Gasteiger partial charge in [-0.3, -0.25) is 9.59 Å². The molecule has 0 aliphatic carbocycles. The van der Waals surface area contributed by atoms with Crippen LogP contribution in [0.15, 0.2) is 42.7 Å². The molecule has 1 atom stereocenters. The first-order valence-corrected chi connectivity index (χ1v) is 8.05. The van der Waals surface area contributed by atoms with Gasteiger partial charge in [-0.15, -0.1) is 0 Å². The van der Waals surface area contributed by atoms with Gasteiger partial charge in [-0.05, 0) is 37.6 Å². The van der Waals surface area contributed by atoms with Crippen LogP contribution in [0.4, 0.5) is 0 Å². The van der Waals surface area contributed by atoms with E-state index in [1.807, 2.05) is 41.8 Å². The Morgan fingerprint density at radius 3 is 3.04 bits per heavy atom. The van der Waals surface area contributed by atoms with E-state index in [0.717, 1.165) is 17.0 Å². The van der Waals surface area contributed by atoms with Crippen LogP contribution in [0.1, 0.15) is 40.8 Å². The molecule has 6 heteroatoms. The highest BCUT2D eigenvalue weighted by Crippen LogP contribution is 2.25. The first-order valence-electron chi connectivity index (χ1n) is 8.05. The van der Waals surface area contributed by atoms with Crippen molar-refractivity contribution < 1.29 is 9.59 Å². The molecule has 1 unspecified atom stereocenters. The summed E-state index contributed by atoms with van der Waals surface area (Å²) >= 11 is 0. The van der Waals surface area contributed by atoms with Gasteiger partial charge in [0.1, 0.15) is 11.7 Å². The van der Waals surface area contributed by atoms with Crippen molar-refractivity contribution in [3.63, 3.8) is 0 Å². The number of carbonyl (C=O) groups is 2. The van der Waals surface area contributed by atoms with E-state index in [1.165, 1.54) is 0 Å². The van der Waals surface area contributed by atoms with E-state index >= 15 is 0 Å². The number of aromatic nitrogens is 3. The second kappa shape index (κ2) is 5.63. The van der Waals surface area contributed by atoms with Crippen molar-refractivity contribution in [1.82, 2.24) is 19.3 Å². The van der Waals surface area contributed by atoms with Crippen LogP contribution in [-0.2, 0) is 11.3 Å². The minimum absolute atomic E-state index is 0.0646. The largest absolute Gasteiger partial charge is 0.349 e. The first kappa shape index (κ1) is 14.7. The fourth-order valence-electron chi connectivity index (χ4n) is 3.36. The van der Waals surface area contributed by atoms with E-state index in [-0.39, 0.29) is 17.7 Å². The summed E-state index contributed by atoms with van der Waals surface area (Å²) in [6.07, 6.45) is 4.70.